The van der Waals surface area contributed by atoms with Gasteiger partial charge in [-0.1, -0.05) is 12.1 Å². The number of fused-ring (bicyclic) bond motifs is 1. The highest BCUT2D eigenvalue weighted by atomic mass is 32.1. The van der Waals surface area contributed by atoms with E-state index in [4.69, 9.17) is 0 Å². The minimum Gasteiger partial charge on any atom is -0.291 e. The van der Waals surface area contributed by atoms with Gasteiger partial charge in [-0.2, -0.15) is 0 Å². The summed E-state index contributed by atoms with van der Waals surface area (Å²) in [7, 11) is 0. The minimum absolute atomic E-state index is 0.113. The van der Waals surface area contributed by atoms with Gasteiger partial charge in [0, 0.05) is 16.2 Å². The van der Waals surface area contributed by atoms with Crippen LogP contribution in [0.4, 0.5) is 0 Å². The summed E-state index contributed by atoms with van der Waals surface area (Å²) < 4.78 is 1.07. The molecule has 0 spiro atoms. The van der Waals surface area contributed by atoms with E-state index < -0.39 is 0 Å². The summed E-state index contributed by atoms with van der Waals surface area (Å²) in [6, 6.07) is 9.97. The summed E-state index contributed by atoms with van der Waals surface area (Å²) in [5, 5.41) is 0.615. The summed E-state index contributed by atoms with van der Waals surface area (Å²) in [6.45, 7) is 4.14. The molecule has 0 radical (unpaired) electrons. The molecular formula is C15H13NOS2. The van der Waals surface area contributed by atoms with Crippen LogP contribution < -0.4 is 0 Å². The maximum Gasteiger partial charge on any atom is 0.195 e. The second kappa shape index (κ2) is 4.87. The maximum absolute atomic E-state index is 12.3. The average molecular weight is 287 g/mol. The van der Waals surface area contributed by atoms with Crippen LogP contribution >= 0.6 is 22.7 Å². The molecule has 0 atom stereocenters. The number of thiazole rings is 1. The van der Waals surface area contributed by atoms with Crippen molar-refractivity contribution in [1.29, 1.82) is 0 Å². The van der Waals surface area contributed by atoms with Crippen LogP contribution in [0, 0.1) is 13.8 Å². The summed E-state index contributed by atoms with van der Waals surface area (Å²) in [5.41, 5.74) is 2.04. The van der Waals surface area contributed by atoms with E-state index in [0.29, 0.717) is 11.4 Å². The van der Waals surface area contributed by atoms with Crippen molar-refractivity contribution in [3.05, 3.63) is 50.7 Å². The van der Waals surface area contributed by atoms with Crippen LogP contribution in [0.15, 0.2) is 30.3 Å². The van der Waals surface area contributed by atoms with Crippen LogP contribution in [0.5, 0.6) is 0 Å². The Bertz CT molecular complexity index is 721. The van der Waals surface area contributed by atoms with Crippen molar-refractivity contribution in [2.24, 2.45) is 0 Å². The Morgan fingerprint density at radius 1 is 1.21 bits per heavy atom. The van der Waals surface area contributed by atoms with Gasteiger partial charge in [-0.3, -0.25) is 4.79 Å². The lowest BCUT2D eigenvalue weighted by molar-refractivity contribution is 0.0993. The summed E-state index contributed by atoms with van der Waals surface area (Å²) in [5.74, 6) is 0.113. The topological polar surface area (TPSA) is 30.0 Å². The van der Waals surface area contributed by atoms with Gasteiger partial charge in [0.05, 0.1) is 10.2 Å². The molecule has 19 heavy (non-hydrogen) atoms. The number of aryl methyl sites for hydroxylation is 2. The van der Waals surface area contributed by atoms with Gasteiger partial charge >= 0.3 is 0 Å². The number of para-hydroxylation sites is 1. The fourth-order valence-corrected chi connectivity index (χ4v) is 3.95. The standard InChI is InChI=1S/C15H13NOS2/c1-9-7-11(10(2)18-9)8-13(17)15-16-12-5-3-4-6-14(12)19-15/h3-7H,8H2,1-2H3. The molecule has 4 heteroatoms. The highest BCUT2D eigenvalue weighted by Gasteiger charge is 2.14. The number of benzene rings is 1. The molecule has 2 nitrogen and oxygen atoms in total. The quantitative estimate of drug-likeness (QED) is 0.668. The van der Waals surface area contributed by atoms with E-state index in [9.17, 15) is 4.79 Å². The average Bonchev–Trinajstić information content (AvgIpc) is 2.93. The van der Waals surface area contributed by atoms with Crippen molar-refractivity contribution in [2.75, 3.05) is 0 Å². The second-order valence-electron chi connectivity index (χ2n) is 4.53. The van der Waals surface area contributed by atoms with Crippen molar-refractivity contribution >= 4 is 38.7 Å². The highest BCUT2D eigenvalue weighted by molar-refractivity contribution is 7.20. The Hall–Kier alpha value is -1.52. The van der Waals surface area contributed by atoms with Crippen LogP contribution in [0.25, 0.3) is 10.2 Å². The van der Waals surface area contributed by atoms with E-state index in [1.165, 1.54) is 21.1 Å². The number of carbonyl (C=O) groups excluding carboxylic acids is 1. The first kappa shape index (κ1) is 12.5. The van der Waals surface area contributed by atoms with Crippen LogP contribution in [0.2, 0.25) is 0 Å². The number of aromatic nitrogens is 1. The first-order chi connectivity index (χ1) is 9.13. The van der Waals surface area contributed by atoms with Gasteiger partial charge in [-0.05, 0) is 37.6 Å². The molecule has 2 aromatic heterocycles. The fraction of sp³-hybridized carbons (Fsp3) is 0.200. The number of nitrogens with zero attached hydrogens (tertiary/aromatic N) is 1. The third-order valence-corrected chi connectivity index (χ3v) is 5.11. The monoisotopic (exact) mass is 287 g/mol. The first-order valence-corrected chi connectivity index (χ1v) is 7.71. The molecule has 0 bridgehead atoms. The van der Waals surface area contributed by atoms with E-state index in [-0.39, 0.29) is 5.78 Å². The molecule has 3 rings (SSSR count). The predicted molar refractivity (Wildman–Crippen MR) is 81.4 cm³/mol. The Balaban J connectivity index is 1.89. The zero-order valence-electron chi connectivity index (χ0n) is 10.8. The van der Waals surface area contributed by atoms with E-state index in [2.05, 4.69) is 24.9 Å². The molecule has 0 aliphatic rings. The third-order valence-electron chi connectivity index (χ3n) is 3.03. The lowest BCUT2D eigenvalue weighted by Crippen LogP contribution is -2.02. The van der Waals surface area contributed by atoms with E-state index in [0.717, 1.165) is 15.8 Å². The molecule has 0 saturated carbocycles. The lowest BCUT2D eigenvalue weighted by Gasteiger charge is -1.96. The largest absolute Gasteiger partial charge is 0.291 e. The van der Waals surface area contributed by atoms with E-state index in [1.807, 2.05) is 24.3 Å². The van der Waals surface area contributed by atoms with Gasteiger partial charge in [0.15, 0.2) is 10.8 Å². The van der Waals surface area contributed by atoms with Crippen molar-refractivity contribution in [3.8, 4) is 0 Å². The zero-order chi connectivity index (χ0) is 13.4. The van der Waals surface area contributed by atoms with Crippen molar-refractivity contribution in [3.63, 3.8) is 0 Å². The first-order valence-electron chi connectivity index (χ1n) is 6.08. The van der Waals surface area contributed by atoms with Gasteiger partial charge in [0.2, 0.25) is 0 Å². The number of thiophene rings is 1. The Morgan fingerprint density at radius 3 is 2.68 bits per heavy atom. The van der Waals surface area contributed by atoms with Crippen LogP contribution in [0.1, 0.15) is 25.1 Å². The van der Waals surface area contributed by atoms with Crippen molar-refractivity contribution < 1.29 is 4.79 Å². The molecule has 0 aliphatic heterocycles. The molecule has 0 aliphatic carbocycles. The van der Waals surface area contributed by atoms with Crippen molar-refractivity contribution in [2.45, 2.75) is 20.3 Å². The summed E-state index contributed by atoms with van der Waals surface area (Å²) in [6.07, 6.45) is 0.454. The van der Waals surface area contributed by atoms with Crippen LogP contribution in [0.3, 0.4) is 0 Å². The second-order valence-corrected chi connectivity index (χ2v) is 7.02. The minimum atomic E-state index is 0.113. The van der Waals surface area contributed by atoms with Crippen molar-refractivity contribution in [1.82, 2.24) is 4.98 Å². The molecule has 1 aromatic carbocycles. The molecule has 0 saturated heterocycles. The summed E-state index contributed by atoms with van der Waals surface area (Å²) in [4.78, 5) is 19.2. The third kappa shape index (κ3) is 2.46. The van der Waals surface area contributed by atoms with Gasteiger partial charge in [-0.15, -0.1) is 22.7 Å². The Labute approximate surface area is 119 Å². The van der Waals surface area contributed by atoms with Gasteiger partial charge in [0.1, 0.15) is 0 Å². The Kier molecular flexibility index (Phi) is 3.21. The number of carbonyl (C=O) groups is 1. The smallest absolute Gasteiger partial charge is 0.195 e. The molecule has 96 valence electrons. The molecule has 2 heterocycles. The number of Topliss-reactive ketones (excluding diaryl/α,β-unsaturated/α-hetero) is 1. The van der Waals surface area contributed by atoms with Gasteiger partial charge in [0.25, 0.3) is 0 Å². The highest BCUT2D eigenvalue weighted by Crippen LogP contribution is 2.25. The molecule has 3 aromatic rings. The zero-order valence-corrected chi connectivity index (χ0v) is 12.4. The van der Waals surface area contributed by atoms with Gasteiger partial charge in [-0.25, -0.2) is 4.98 Å². The maximum atomic E-state index is 12.3. The van der Waals surface area contributed by atoms with Crippen LogP contribution in [-0.4, -0.2) is 10.8 Å². The normalized spacial score (nSPS) is 11.1. The lowest BCUT2D eigenvalue weighted by atomic mass is 10.1. The summed E-state index contributed by atoms with van der Waals surface area (Å²) >= 11 is 3.22. The fourth-order valence-electron chi connectivity index (χ4n) is 2.10. The molecule has 0 amide bonds. The molecule has 0 unspecified atom stereocenters. The number of hydrogen-bond acceptors (Lipinski definition) is 4. The Morgan fingerprint density at radius 2 is 2.00 bits per heavy atom. The SMILES string of the molecule is Cc1cc(CC(=O)c2nc3ccccc3s2)c(C)s1. The van der Waals surface area contributed by atoms with Gasteiger partial charge < -0.3 is 0 Å². The number of rotatable bonds is 3. The molecule has 0 N–H and O–H groups in total. The molecular weight excluding hydrogens is 274 g/mol. The van der Waals surface area contributed by atoms with E-state index in [1.54, 1.807) is 11.3 Å². The number of hydrogen-bond donors (Lipinski definition) is 0. The number of ketones is 1. The molecule has 0 fully saturated rings. The van der Waals surface area contributed by atoms with Crippen LogP contribution in [-0.2, 0) is 6.42 Å². The van der Waals surface area contributed by atoms with E-state index >= 15 is 0 Å². The predicted octanol–water partition coefficient (Wildman–Crippen LogP) is 4.40.